The van der Waals surface area contributed by atoms with Crippen molar-refractivity contribution in [2.75, 3.05) is 6.54 Å². The van der Waals surface area contributed by atoms with E-state index < -0.39 is 0 Å². The average molecular weight is 292 g/mol. The lowest BCUT2D eigenvalue weighted by Gasteiger charge is -2.28. The van der Waals surface area contributed by atoms with Crippen LogP contribution in [0.4, 0.5) is 0 Å². The minimum Gasteiger partial charge on any atom is -0.357 e. The topological polar surface area (TPSA) is 67.1 Å². The number of aromatic nitrogens is 3. The van der Waals surface area contributed by atoms with Crippen LogP contribution in [-0.2, 0) is 13.6 Å². The number of rotatable bonds is 4. The van der Waals surface area contributed by atoms with Crippen molar-refractivity contribution in [3.05, 3.63) is 11.6 Å². The molecule has 0 atom stereocenters. The zero-order chi connectivity index (χ0) is 15.2. The normalized spacial score (nSPS) is 23.1. The molecule has 1 fully saturated rings. The molecule has 2 rings (SSSR count). The third-order valence-corrected chi connectivity index (χ3v) is 4.26. The van der Waals surface area contributed by atoms with Gasteiger partial charge in [-0.1, -0.05) is 6.92 Å². The highest BCUT2D eigenvalue weighted by atomic mass is 15.3. The van der Waals surface area contributed by atoms with Crippen LogP contribution in [0.15, 0.2) is 4.99 Å². The molecule has 1 aliphatic carbocycles. The van der Waals surface area contributed by atoms with Crippen LogP contribution in [0.25, 0.3) is 0 Å². The van der Waals surface area contributed by atoms with Gasteiger partial charge in [-0.2, -0.15) is 0 Å². The summed E-state index contributed by atoms with van der Waals surface area (Å²) in [6.07, 6.45) is 5.07. The van der Waals surface area contributed by atoms with Gasteiger partial charge in [-0.25, -0.2) is 4.99 Å². The molecule has 1 aromatic rings. The Balaban J connectivity index is 1.94. The van der Waals surface area contributed by atoms with E-state index >= 15 is 0 Å². The SMILES string of the molecule is CCNC(=NCc1nnc(C)n1C)NC1CCC(C)CC1. The molecule has 0 aliphatic heterocycles. The highest BCUT2D eigenvalue weighted by molar-refractivity contribution is 5.80. The summed E-state index contributed by atoms with van der Waals surface area (Å²) in [5, 5.41) is 15.1. The maximum Gasteiger partial charge on any atom is 0.191 e. The lowest BCUT2D eigenvalue weighted by molar-refractivity contribution is 0.329. The van der Waals surface area contributed by atoms with Crippen LogP contribution >= 0.6 is 0 Å². The molecule has 0 amide bonds. The van der Waals surface area contributed by atoms with E-state index in [1.165, 1.54) is 25.7 Å². The minimum atomic E-state index is 0.542. The summed E-state index contributed by atoms with van der Waals surface area (Å²) in [7, 11) is 1.98. The Morgan fingerprint density at radius 3 is 2.57 bits per heavy atom. The van der Waals surface area contributed by atoms with Crippen LogP contribution in [0.3, 0.4) is 0 Å². The van der Waals surface area contributed by atoms with Crippen molar-refractivity contribution in [1.82, 2.24) is 25.4 Å². The molecule has 6 heteroatoms. The highest BCUT2D eigenvalue weighted by Gasteiger charge is 2.18. The van der Waals surface area contributed by atoms with E-state index in [1.54, 1.807) is 0 Å². The number of aliphatic imine (C=N–C) groups is 1. The van der Waals surface area contributed by atoms with Crippen molar-refractivity contribution in [3.63, 3.8) is 0 Å². The first-order valence-electron chi connectivity index (χ1n) is 7.99. The first-order valence-corrected chi connectivity index (χ1v) is 7.99. The summed E-state index contributed by atoms with van der Waals surface area (Å²) in [4.78, 5) is 4.64. The molecule has 0 aromatic carbocycles. The molecule has 0 bridgehead atoms. The zero-order valence-electron chi connectivity index (χ0n) is 13.7. The van der Waals surface area contributed by atoms with Crippen molar-refractivity contribution >= 4 is 5.96 Å². The van der Waals surface area contributed by atoms with Gasteiger partial charge in [0.05, 0.1) is 0 Å². The van der Waals surface area contributed by atoms with Gasteiger partial charge in [0.25, 0.3) is 0 Å². The molecule has 0 radical (unpaired) electrons. The Kier molecular flexibility index (Phi) is 5.59. The van der Waals surface area contributed by atoms with Crippen LogP contribution < -0.4 is 10.6 Å². The quantitative estimate of drug-likeness (QED) is 0.655. The van der Waals surface area contributed by atoms with Crippen LogP contribution in [0.5, 0.6) is 0 Å². The van der Waals surface area contributed by atoms with Crippen LogP contribution in [0, 0.1) is 12.8 Å². The van der Waals surface area contributed by atoms with Gasteiger partial charge in [0, 0.05) is 19.6 Å². The van der Waals surface area contributed by atoms with E-state index in [1.807, 2.05) is 18.5 Å². The molecule has 0 spiro atoms. The molecule has 1 aromatic heterocycles. The maximum absolute atomic E-state index is 4.64. The van der Waals surface area contributed by atoms with Crippen molar-refractivity contribution in [1.29, 1.82) is 0 Å². The fourth-order valence-corrected chi connectivity index (χ4v) is 2.66. The molecule has 1 aliphatic rings. The summed E-state index contributed by atoms with van der Waals surface area (Å²) in [5.41, 5.74) is 0. The molecule has 21 heavy (non-hydrogen) atoms. The van der Waals surface area contributed by atoms with Gasteiger partial charge < -0.3 is 15.2 Å². The number of hydrogen-bond acceptors (Lipinski definition) is 3. The summed E-state index contributed by atoms with van der Waals surface area (Å²) in [6.45, 7) is 7.80. The Labute approximate surface area is 127 Å². The second kappa shape index (κ2) is 7.43. The van der Waals surface area contributed by atoms with Crippen molar-refractivity contribution in [2.24, 2.45) is 18.0 Å². The Morgan fingerprint density at radius 1 is 1.29 bits per heavy atom. The van der Waals surface area contributed by atoms with E-state index in [0.717, 1.165) is 30.1 Å². The van der Waals surface area contributed by atoms with Crippen molar-refractivity contribution in [2.45, 2.75) is 59.0 Å². The van der Waals surface area contributed by atoms with Gasteiger partial charge in [0.15, 0.2) is 11.8 Å². The van der Waals surface area contributed by atoms with E-state index in [2.05, 4.69) is 39.7 Å². The molecule has 1 heterocycles. The van der Waals surface area contributed by atoms with Gasteiger partial charge >= 0.3 is 0 Å². The second-order valence-corrected chi connectivity index (χ2v) is 6.02. The lowest BCUT2D eigenvalue weighted by Crippen LogP contribution is -2.44. The molecule has 2 N–H and O–H groups in total. The van der Waals surface area contributed by atoms with Gasteiger partial charge in [-0.05, 0) is 45.4 Å². The largest absolute Gasteiger partial charge is 0.357 e. The fraction of sp³-hybridized carbons (Fsp3) is 0.800. The number of nitrogens with one attached hydrogen (secondary N) is 2. The van der Waals surface area contributed by atoms with Crippen molar-refractivity contribution in [3.8, 4) is 0 Å². The summed E-state index contributed by atoms with van der Waals surface area (Å²) >= 11 is 0. The molecule has 0 saturated heterocycles. The van der Waals surface area contributed by atoms with E-state index in [9.17, 15) is 0 Å². The highest BCUT2D eigenvalue weighted by Crippen LogP contribution is 2.23. The Hall–Kier alpha value is -1.59. The lowest BCUT2D eigenvalue weighted by atomic mass is 9.87. The molecule has 118 valence electrons. The molecular formula is C15H28N6. The number of nitrogens with zero attached hydrogens (tertiary/aromatic N) is 4. The summed E-state index contributed by atoms with van der Waals surface area (Å²) < 4.78 is 1.98. The van der Waals surface area contributed by atoms with Gasteiger partial charge in [0.2, 0.25) is 0 Å². The third-order valence-electron chi connectivity index (χ3n) is 4.26. The molecule has 1 saturated carbocycles. The second-order valence-electron chi connectivity index (χ2n) is 6.02. The smallest absolute Gasteiger partial charge is 0.191 e. The van der Waals surface area contributed by atoms with E-state index in [0.29, 0.717) is 12.6 Å². The van der Waals surface area contributed by atoms with Gasteiger partial charge in [-0.15, -0.1) is 10.2 Å². The minimum absolute atomic E-state index is 0.542. The number of hydrogen-bond donors (Lipinski definition) is 2. The number of guanidine groups is 1. The molecule has 0 unspecified atom stereocenters. The molecule has 6 nitrogen and oxygen atoms in total. The first-order chi connectivity index (χ1) is 10.1. The van der Waals surface area contributed by atoms with E-state index in [-0.39, 0.29) is 0 Å². The molecular weight excluding hydrogens is 264 g/mol. The monoisotopic (exact) mass is 292 g/mol. The van der Waals surface area contributed by atoms with Gasteiger partial charge in [0.1, 0.15) is 12.4 Å². The van der Waals surface area contributed by atoms with Crippen LogP contribution in [-0.4, -0.2) is 33.3 Å². The average Bonchev–Trinajstić information content (AvgIpc) is 2.79. The third kappa shape index (κ3) is 4.44. The Morgan fingerprint density at radius 2 is 2.00 bits per heavy atom. The van der Waals surface area contributed by atoms with Crippen LogP contribution in [0.2, 0.25) is 0 Å². The fourth-order valence-electron chi connectivity index (χ4n) is 2.66. The summed E-state index contributed by atoms with van der Waals surface area (Å²) in [5.74, 6) is 3.56. The Bertz CT molecular complexity index is 471. The van der Waals surface area contributed by atoms with Crippen LogP contribution in [0.1, 0.15) is 51.2 Å². The van der Waals surface area contributed by atoms with Crippen molar-refractivity contribution < 1.29 is 0 Å². The zero-order valence-corrected chi connectivity index (χ0v) is 13.7. The summed E-state index contributed by atoms with van der Waals surface area (Å²) in [6, 6.07) is 0.542. The maximum atomic E-state index is 4.64. The first kappa shape index (κ1) is 15.8. The van der Waals surface area contributed by atoms with E-state index in [4.69, 9.17) is 0 Å². The number of aryl methyl sites for hydroxylation is 1. The van der Waals surface area contributed by atoms with Gasteiger partial charge in [-0.3, -0.25) is 0 Å². The standard InChI is InChI=1S/C15H28N6/c1-5-16-15(18-13-8-6-11(2)7-9-13)17-10-14-20-19-12(3)21(14)4/h11,13H,5-10H2,1-4H3,(H2,16,17,18). The predicted molar refractivity (Wildman–Crippen MR) is 85.1 cm³/mol. The predicted octanol–water partition coefficient (Wildman–Crippen LogP) is 1.76.